The fraction of sp³-hybridized carbons (Fsp3) is 0.400. The molecule has 0 aromatic carbocycles. The maximum Gasteiger partial charge on any atom is 0.423 e. The van der Waals surface area contributed by atoms with E-state index in [9.17, 15) is 22.8 Å². The molecule has 0 saturated carbocycles. The summed E-state index contributed by atoms with van der Waals surface area (Å²) in [6.45, 7) is 3.90. The van der Waals surface area contributed by atoms with Crippen LogP contribution in [0.4, 0.5) is 13.2 Å². The molecule has 0 fully saturated rings. The van der Waals surface area contributed by atoms with Gasteiger partial charge in [-0.25, -0.2) is 9.59 Å². The molecule has 0 aromatic heterocycles. The van der Waals surface area contributed by atoms with E-state index < -0.39 is 30.3 Å². The van der Waals surface area contributed by atoms with Crippen molar-refractivity contribution in [1.29, 1.82) is 0 Å². The summed E-state index contributed by atoms with van der Waals surface area (Å²) in [5.41, 5.74) is -1.47. The molecule has 0 rings (SSSR count). The first-order chi connectivity index (χ1) is 7.70. The van der Waals surface area contributed by atoms with E-state index >= 15 is 0 Å². The number of carbonyl (C=O) groups excluding carboxylic acids is 2. The van der Waals surface area contributed by atoms with Crippen LogP contribution in [0.15, 0.2) is 23.8 Å². The van der Waals surface area contributed by atoms with Crippen LogP contribution < -0.4 is 0 Å². The summed E-state index contributed by atoms with van der Waals surface area (Å²) in [5.74, 6) is -2.38. The van der Waals surface area contributed by atoms with Crippen molar-refractivity contribution in [3.8, 4) is 0 Å². The van der Waals surface area contributed by atoms with Crippen LogP contribution in [0.3, 0.4) is 0 Å². The van der Waals surface area contributed by atoms with Gasteiger partial charge in [0.15, 0.2) is 0 Å². The van der Waals surface area contributed by atoms with Gasteiger partial charge < -0.3 is 9.47 Å². The topological polar surface area (TPSA) is 52.6 Å². The van der Waals surface area contributed by atoms with Crippen molar-refractivity contribution in [3.63, 3.8) is 0 Å². The van der Waals surface area contributed by atoms with Crippen LogP contribution in [-0.4, -0.2) is 31.8 Å². The lowest BCUT2D eigenvalue weighted by atomic mass is 10.2. The quantitative estimate of drug-likeness (QED) is 0.565. The number of esters is 2. The molecule has 0 aliphatic heterocycles. The maximum atomic E-state index is 12.3. The molecule has 0 spiro atoms. The summed E-state index contributed by atoms with van der Waals surface area (Å²) < 4.78 is 45.3. The molecule has 0 aliphatic carbocycles. The highest BCUT2D eigenvalue weighted by molar-refractivity contribution is 5.90. The van der Waals surface area contributed by atoms with E-state index in [1.54, 1.807) is 0 Å². The molecular weight excluding hydrogens is 241 g/mol. The van der Waals surface area contributed by atoms with Crippen LogP contribution in [0.25, 0.3) is 0 Å². The van der Waals surface area contributed by atoms with Crippen LogP contribution in [-0.2, 0) is 19.1 Å². The lowest BCUT2D eigenvalue weighted by Crippen LogP contribution is -2.22. The highest BCUT2D eigenvalue weighted by Gasteiger charge is 2.39. The average molecular weight is 252 g/mol. The van der Waals surface area contributed by atoms with E-state index in [-0.39, 0.29) is 5.57 Å². The minimum absolute atomic E-state index is 0.0463. The Hall–Kier alpha value is -1.79. The van der Waals surface area contributed by atoms with Gasteiger partial charge in [-0.2, -0.15) is 13.2 Å². The fourth-order valence-corrected chi connectivity index (χ4v) is 0.749. The summed E-state index contributed by atoms with van der Waals surface area (Å²) in [6, 6.07) is 0. The number of halogens is 3. The molecule has 4 nitrogen and oxygen atoms in total. The largest absolute Gasteiger partial charge is 0.465 e. The lowest BCUT2D eigenvalue weighted by Gasteiger charge is -2.09. The van der Waals surface area contributed by atoms with Gasteiger partial charge in [0.2, 0.25) is 0 Å². The standard InChI is InChI=1S/C10H11F3O4/c1-6(2)8(14)17-5-4-7(9(15)16-3)10(11,12)13/h4H,1,5H2,2-3H3/b7-4-. The molecule has 7 heteroatoms. The van der Waals surface area contributed by atoms with E-state index in [4.69, 9.17) is 0 Å². The third-order valence-corrected chi connectivity index (χ3v) is 1.56. The number of methoxy groups -OCH3 is 1. The first kappa shape index (κ1) is 15.2. The Morgan fingerprint density at radius 2 is 1.82 bits per heavy atom. The van der Waals surface area contributed by atoms with Crippen LogP contribution in [0, 0.1) is 0 Å². The zero-order chi connectivity index (χ0) is 13.6. The Kier molecular flexibility index (Phi) is 5.43. The lowest BCUT2D eigenvalue weighted by molar-refractivity contribution is -0.149. The van der Waals surface area contributed by atoms with Gasteiger partial charge in [-0.05, 0) is 13.0 Å². The van der Waals surface area contributed by atoms with Crippen LogP contribution in [0.1, 0.15) is 6.92 Å². The van der Waals surface area contributed by atoms with Gasteiger partial charge in [0, 0.05) is 5.57 Å². The molecule has 0 amide bonds. The van der Waals surface area contributed by atoms with Gasteiger partial charge in [0.1, 0.15) is 12.2 Å². The minimum atomic E-state index is -4.86. The monoisotopic (exact) mass is 252 g/mol. The molecule has 0 N–H and O–H groups in total. The number of alkyl halides is 3. The Labute approximate surface area is 95.7 Å². The number of carbonyl (C=O) groups is 2. The third-order valence-electron chi connectivity index (χ3n) is 1.56. The van der Waals surface area contributed by atoms with Crippen molar-refractivity contribution in [2.75, 3.05) is 13.7 Å². The van der Waals surface area contributed by atoms with E-state index in [2.05, 4.69) is 16.1 Å². The van der Waals surface area contributed by atoms with E-state index in [0.29, 0.717) is 6.08 Å². The summed E-state index contributed by atoms with van der Waals surface area (Å²) in [6.07, 6.45) is -4.42. The summed E-state index contributed by atoms with van der Waals surface area (Å²) in [7, 11) is 0.821. The molecule has 0 atom stereocenters. The van der Waals surface area contributed by atoms with Crippen molar-refractivity contribution in [1.82, 2.24) is 0 Å². The molecule has 0 aromatic rings. The summed E-state index contributed by atoms with van der Waals surface area (Å²) >= 11 is 0. The first-order valence-electron chi connectivity index (χ1n) is 4.38. The Bertz CT molecular complexity index is 355. The normalized spacial score (nSPS) is 11.9. The van der Waals surface area contributed by atoms with Gasteiger partial charge in [-0.3, -0.25) is 0 Å². The average Bonchev–Trinajstić information content (AvgIpc) is 2.21. The predicted molar refractivity (Wildman–Crippen MR) is 51.9 cm³/mol. The summed E-state index contributed by atoms with van der Waals surface area (Å²) in [5, 5.41) is 0. The smallest absolute Gasteiger partial charge is 0.423 e. The second-order valence-electron chi connectivity index (χ2n) is 2.99. The highest BCUT2D eigenvalue weighted by Crippen LogP contribution is 2.26. The zero-order valence-corrected chi connectivity index (χ0v) is 9.26. The second kappa shape index (κ2) is 6.07. The van der Waals surface area contributed by atoms with Crippen LogP contribution in [0.5, 0.6) is 0 Å². The number of rotatable bonds is 4. The Balaban J connectivity index is 4.68. The number of ether oxygens (including phenoxy) is 2. The molecule has 0 bridgehead atoms. The molecule has 0 saturated heterocycles. The minimum Gasteiger partial charge on any atom is -0.465 e. The Morgan fingerprint density at radius 3 is 2.18 bits per heavy atom. The molecule has 17 heavy (non-hydrogen) atoms. The number of hydrogen-bond acceptors (Lipinski definition) is 4. The van der Waals surface area contributed by atoms with Crippen LogP contribution >= 0.6 is 0 Å². The zero-order valence-electron chi connectivity index (χ0n) is 9.26. The maximum absolute atomic E-state index is 12.3. The van der Waals surface area contributed by atoms with Crippen LogP contribution in [0.2, 0.25) is 0 Å². The van der Waals surface area contributed by atoms with Crippen molar-refractivity contribution in [3.05, 3.63) is 23.8 Å². The van der Waals surface area contributed by atoms with Gasteiger partial charge in [0.25, 0.3) is 0 Å². The summed E-state index contributed by atoms with van der Waals surface area (Å²) in [4.78, 5) is 21.7. The number of hydrogen-bond donors (Lipinski definition) is 0. The Morgan fingerprint density at radius 1 is 1.29 bits per heavy atom. The van der Waals surface area contributed by atoms with Crippen molar-refractivity contribution >= 4 is 11.9 Å². The molecule has 0 radical (unpaired) electrons. The van der Waals surface area contributed by atoms with E-state index in [1.807, 2.05) is 0 Å². The van der Waals surface area contributed by atoms with Gasteiger partial charge in [-0.1, -0.05) is 6.58 Å². The highest BCUT2D eigenvalue weighted by atomic mass is 19.4. The van der Waals surface area contributed by atoms with Crippen molar-refractivity contribution in [2.24, 2.45) is 0 Å². The van der Waals surface area contributed by atoms with Gasteiger partial charge in [0.05, 0.1) is 7.11 Å². The molecular formula is C10H11F3O4. The van der Waals surface area contributed by atoms with E-state index in [1.165, 1.54) is 6.92 Å². The van der Waals surface area contributed by atoms with E-state index in [0.717, 1.165) is 7.11 Å². The molecule has 0 unspecified atom stereocenters. The third kappa shape index (κ3) is 5.19. The molecule has 0 aliphatic rings. The van der Waals surface area contributed by atoms with Crippen molar-refractivity contribution < 1.29 is 32.2 Å². The predicted octanol–water partition coefficient (Wildman–Crippen LogP) is 1.77. The molecule has 0 heterocycles. The first-order valence-corrected chi connectivity index (χ1v) is 4.38. The van der Waals surface area contributed by atoms with Gasteiger partial charge >= 0.3 is 18.1 Å². The van der Waals surface area contributed by atoms with Gasteiger partial charge in [-0.15, -0.1) is 0 Å². The second-order valence-corrected chi connectivity index (χ2v) is 2.99. The fourth-order valence-electron chi connectivity index (χ4n) is 0.749. The van der Waals surface area contributed by atoms with Crippen molar-refractivity contribution in [2.45, 2.75) is 13.1 Å². The SMILES string of the molecule is C=C(C)C(=O)OC/C=C(/C(=O)OC)C(F)(F)F. The molecule has 96 valence electrons.